The number of hydrogen-bond acceptors (Lipinski definition) is 9. The van der Waals surface area contributed by atoms with E-state index in [0.29, 0.717) is 5.92 Å². The first-order valence-corrected chi connectivity index (χ1v) is 13.6. The van der Waals surface area contributed by atoms with Crippen LogP contribution in [0.3, 0.4) is 0 Å². The second kappa shape index (κ2) is 9.33. The zero-order valence-corrected chi connectivity index (χ0v) is 22.6. The van der Waals surface area contributed by atoms with Gasteiger partial charge in [-0.25, -0.2) is 10.2 Å². The van der Waals surface area contributed by atoms with Gasteiger partial charge in [0.15, 0.2) is 0 Å². The van der Waals surface area contributed by atoms with Crippen molar-refractivity contribution in [2.75, 3.05) is 15.8 Å². The van der Waals surface area contributed by atoms with E-state index in [1.165, 1.54) is 6.07 Å². The lowest BCUT2D eigenvalue weighted by atomic mass is 9.40. The third-order valence-electron chi connectivity index (χ3n) is 10.8. The number of hydrazone groups is 1. The lowest BCUT2D eigenvalue weighted by Gasteiger charge is -2.63. The fraction of sp³-hybridized carbons (Fsp3) is 0.667. The lowest BCUT2D eigenvalue weighted by Crippen LogP contribution is -2.58. The molecule has 4 fully saturated rings. The number of hydrogen-bond donors (Lipinski definition) is 5. The average molecular weight is 544 g/mol. The summed E-state index contributed by atoms with van der Waals surface area (Å²) in [5.41, 5.74) is 1.84. The van der Waals surface area contributed by atoms with Crippen LogP contribution in [0.1, 0.15) is 78.6 Å². The molecule has 5 N–H and O–H groups in total. The standard InChI is InChI=1S/C27H37N5O7/c1-24-11-7-20-25(2)9-4-10-26(3,22(33)34)19(25)8-12-27(20,15-24)14-21(24)29-30-23(35)28-17-6-5-16(31(36)37)13-18(17)32(38)39/h5-6,13,19-20,38-39H,4,7-12,14-15H2,1-3H3,(H,33,34)(H2,28,30,35)/q-2. The molecule has 0 heterocycles. The maximum atomic E-state index is 12.7. The number of fused-ring (bicyclic) bond motifs is 3. The summed E-state index contributed by atoms with van der Waals surface area (Å²) in [5.74, 6) is -0.129. The average Bonchev–Trinajstić information content (AvgIpc) is 3.06. The van der Waals surface area contributed by atoms with Gasteiger partial charge in [0.1, 0.15) is 5.69 Å². The Morgan fingerprint density at radius 3 is 2.44 bits per heavy atom. The Morgan fingerprint density at radius 1 is 1.05 bits per heavy atom. The number of aliphatic carboxylic acids is 1. The maximum absolute atomic E-state index is 12.7. The van der Waals surface area contributed by atoms with E-state index in [1.807, 2.05) is 6.92 Å². The molecule has 0 saturated heterocycles. The van der Waals surface area contributed by atoms with E-state index in [0.717, 1.165) is 75.6 Å². The summed E-state index contributed by atoms with van der Waals surface area (Å²) in [6.45, 7) is 6.45. The summed E-state index contributed by atoms with van der Waals surface area (Å²) < 4.78 is 0. The first-order valence-electron chi connectivity index (χ1n) is 13.6. The van der Waals surface area contributed by atoms with Crippen LogP contribution in [0.5, 0.6) is 0 Å². The molecule has 12 heteroatoms. The Labute approximate surface area is 227 Å². The van der Waals surface area contributed by atoms with E-state index < -0.39 is 22.6 Å². The van der Waals surface area contributed by atoms with Crippen molar-refractivity contribution in [3.05, 3.63) is 28.6 Å². The minimum atomic E-state index is -0.710. The van der Waals surface area contributed by atoms with Crippen LogP contribution in [0.25, 0.3) is 0 Å². The van der Waals surface area contributed by atoms with Crippen LogP contribution >= 0.6 is 0 Å². The van der Waals surface area contributed by atoms with Crippen LogP contribution in [-0.4, -0.2) is 33.2 Å². The number of carboxylic acids is 1. The molecule has 2 amide bonds. The Hall–Kier alpha value is -2.93. The number of urea groups is 1. The van der Waals surface area contributed by atoms with Crippen molar-refractivity contribution in [3.8, 4) is 0 Å². The third kappa shape index (κ3) is 4.33. The fourth-order valence-electron chi connectivity index (χ4n) is 9.13. The van der Waals surface area contributed by atoms with Gasteiger partial charge in [0.05, 0.1) is 11.1 Å². The Kier molecular flexibility index (Phi) is 6.61. The van der Waals surface area contributed by atoms with Crippen molar-refractivity contribution in [3.63, 3.8) is 0 Å². The molecular weight excluding hydrogens is 506 g/mol. The van der Waals surface area contributed by atoms with Gasteiger partial charge in [-0.3, -0.25) is 15.2 Å². The zero-order chi connectivity index (χ0) is 28.4. The van der Waals surface area contributed by atoms with Crippen LogP contribution in [0.15, 0.2) is 23.3 Å². The molecule has 5 rings (SSSR count). The Bertz CT molecular complexity index is 1210. The molecule has 1 aromatic rings. The smallest absolute Gasteiger partial charge is 0.339 e. The highest BCUT2D eigenvalue weighted by Crippen LogP contribution is 2.73. The second-order valence-corrected chi connectivity index (χ2v) is 12.9. The molecule has 4 aliphatic rings. The largest absolute Gasteiger partial charge is 0.769 e. The highest BCUT2D eigenvalue weighted by Gasteiger charge is 2.67. The van der Waals surface area contributed by atoms with Crippen molar-refractivity contribution in [2.45, 2.75) is 78.6 Å². The number of amides is 2. The van der Waals surface area contributed by atoms with Gasteiger partial charge in [0.25, 0.3) is 0 Å². The van der Waals surface area contributed by atoms with Gasteiger partial charge >= 0.3 is 12.0 Å². The summed E-state index contributed by atoms with van der Waals surface area (Å²) in [4.78, 5) is 25.1. The molecule has 4 aliphatic carbocycles. The molecule has 2 bridgehead atoms. The molecule has 39 heavy (non-hydrogen) atoms. The molecule has 6 atom stereocenters. The van der Waals surface area contributed by atoms with E-state index in [9.17, 15) is 35.5 Å². The van der Waals surface area contributed by atoms with Gasteiger partial charge in [-0.1, -0.05) is 20.3 Å². The van der Waals surface area contributed by atoms with Crippen LogP contribution < -0.4 is 21.2 Å². The molecule has 12 nitrogen and oxygen atoms in total. The van der Waals surface area contributed by atoms with Crippen LogP contribution in [0, 0.1) is 43.9 Å². The number of carbonyl (C=O) groups is 2. The van der Waals surface area contributed by atoms with E-state index in [1.54, 1.807) is 0 Å². The molecule has 0 aliphatic heterocycles. The van der Waals surface area contributed by atoms with E-state index in [2.05, 4.69) is 29.7 Å². The Balaban J connectivity index is 1.34. The number of nitrogens with zero attached hydrogens (tertiary/aromatic N) is 3. The van der Waals surface area contributed by atoms with Gasteiger partial charge in [-0.15, -0.1) is 5.23 Å². The highest BCUT2D eigenvalue weighted by atomic mass is 16.8. The summed E-state index contributed by atoms with van der Waals surface area (Å²) in [6, 6.07) is 2.58. The summed E-state index contributed by atoms with van der Waals surface area (Å²) in [5, 5.41) is 57.2. The number of carboxylic acid groups (broad SMARTS) is 1. The second-order valence-electron chi connectivity index (χ2n) is 12.9. The molecule has 6 unspecified atom stereocenters. The third-order valence-corrected chi connectivity index (χ3v) is 10.8. The summed E-state index contributed by atoms with van der Waals surface area (Å²) >= 11 is 0. The number of anilines is 3. The van der Waals surface area contributed by atoms with Crippen molar-refractivity contribution in [1.82, 2.24) is 5.43 Å². The molecule has 4 saturated carbocycles. The van der Waals surface area contributed by atoms with Crippen LogP contribution in [0.4, 0.5) is 21.9 Å². The monoisotopic (exact) mass is 543 g/mol. The first-order chi connectivity index (χ1) is 18.2. The molecule has 0 aromatic heterocycles. The van der Waals surface area contributed by atoms with Crippen molar-refractivity contribution in [1.29, 1.82) is 0 Å². The van der Waals surface area contributed by atoms with Crippen LogP contribution in [0.2, 0.25) is 0 Å². The van der Waals surface area contributed by atoms with Crippen molar-refractivity contribution in [2.24, 2.45) is 38.6 Å². The molecule has 1 spiro atoms. The van der Waals surface area contributed by atoms with Gasteiger partial charge in [-0.05, 0) is 99.2 Å². The lowest BCUT2D eigenvalue weighted by molar-refractivity contribution is -0.182. The first kappa shape index (κ1) is 27.6. The quantitative estimate of drug-likeness (QED) is 0.302. The van der Waals surface area contributed by atoms with E-state index in [-0.39, 0.29) is 44.5 Å². The predicted octanol–water partition coefficient (Wildman–Crippen LogP) is 5.44. The summed E-state index contributed by atoms with van der Waals surface area (Å²) in [7, 11) is 0. The summed E-state index contributed by atoms with van der Waals surface area (Å²) in [6.07, 6.45) is 8.19. The highest BCUT2D eigenvalue weighted by molar-refractivity contribution is 5.97. The van der Waals surface area contributed by atoms with Gasteiger partial charge < -0.3 is 26.1 Å². The molecular formula is C27H37N5O7-2. The topological polar surface area (TPSA) is 184 Å². The maximum Gasteiger partial charge on any atom is 0.339 e. The Morgan fingerprint density at radius 2 is 1.77 bits per heavy atom. The fourth-order valence-corrected chi connectivity index (χ4v) is 9.13. The van der Waals surface area contributed by atoms with Gasteiger partial charge in [0.2, 0.25) is 0 Å². The normalized spacial score (nSPS) is 38.0. The van der Waals surface area contributed by atoms with Crippen molar-refractivity contribution >= 4 is 34.8 Å². The number of carbonyl (C=O) groups excluding carboxylic acids is 1. The molecule has 0 radical (unpaired) electrons. The van der Waals surface area contributed by atoms with Crippen LogP contribution in [-0.2, 0) is 4.79 Å². The van der Waals surface area contributed by atoms with Crippen molar-refractivity contribution < 1.29 is 25.1 Å². The minimum absolute atomic E-state index is 0.0335. The number of benzene rings is 1. The minimum Gasteiger partial charge on any atom is -0.769 e. The van der Waals surface area contributed by atoms with Gasteiger partial charge in [0, 0.05) is 16.8 Å². The number of rotatable bonds is 5. The predicted molar refractivity (Wildman–Crippen MR) is 144 cm³/mol. The molecule has 1 aromatic carbocycles. The van der Waals surface area contributed by atoms with E-state index in [4.69, 9.17) is 0 Å². The molecule has 214 valence electrons. The van der Waals surface area contributed by atoms with E-state index >= 15 is 0 Å². The zero-order valence-electron chi connectivity index (χ0n) is 22.6. The van der Waals surface area contributed by atoms with Gasteiger partial charge in [-0.2, -0.15) is 5.10 Å². The SMILES string of the molecule is CC12CCC3C(CCC4C(C)(C(=O)O)CCCC34C)(CC1=NNC(=O)Nc1ccc(N([O-])[O-])cc1N(O)O)C2. The number of nitrogens with one attached hydrogen (secondary N) is 2.